The van der Waals surface area contributed by atoms with Gasteiger partial charge in [0.15, 0.2) is 0 Å². The van der Waals surface area contributed by atoms with Gasteiger partial charge in [0.2, 0.25) is 0 Å². The van der Waals surface area contributed by atoms with Gasteiger partial charge in [0.05, 0.1) is 22.3 Å². The van der Waals surface area contributed by atoms with Crippen molar-refractivity contribution in [3.05, 3.63) is 78.1 Å². The van der Waals surface area contributed by atoms with E-state index < -0.39 is 0 Å². The Hall–Kier alpha value is -3.47. The Kier molecular flexibility index (Phi) is 4.19. The number of para-hydroxylation sites is 2. The zero-order valence-electron chi connectivity index (χ0n) is 14.1. The Labute approximate surface area is 150 Å². The lowest BCUT2D eigenvalue weighted by molar-refractivity contribution is 0.0955. The quantitative estimate of drug-likeness (QED) is 0.557. The van der Waals surface area contributed by atoms with Gasteiger partial charge in [0.25, 0.3) is 5.91 Å². The van der Waals surface area contributed by atoms with E-state index in [1.165, 1.54) is 0 Å². The van der Waals surface area contributed by atoms with Crippen molar-refractivity contribution < 1.29 is 4.79 Å². The summed E-state index contributed by atoms with van der Waals surface area (Å²) < 4.78 is 0. The molecule has 1 amide bonds. The number of rotatable bonds is 4. The molecule has 0 unspecified atom stereocenters. The number of carbonyl (C=O) groups excluding carboxylic acids is 1. The van der Waals surface area contributed by atoms with Crippen LogP contribution in [0.1, 0.15) is 16.1 Å². The molecule has 5 nitrogen and oxygen atoms in total. The number of fused-ring (bicyclic) bond motifs is 2. The first-order valence-electron chi connectivity index (χ1n) is 8.49. The van der Waals surface area contributed by atoms with Crippen LogP contribution in [-0.2, 0) is 6.42 Å². The van der Waals surface area contributed by atoms with Gasteiger partial charge in [-0.05, 0) is 24.3 Å². The minimum absolute atomic E-state index is 0.159. The molecule has 128 valence electrons. The van der Waals surface area contributed by atoms with Crippen LogP contribution in [0.15, 0.2) is 66.9 Å². The van der Waals surface area contributed by atoms with Gasteiger partial charge in [-0.3, -0.25) is 9.78 Å². The molecular weight excluding hydrogens is 324 g/mol. The van der Waals surface area contributed by atoms with Crippen LogP contribution in [0, 0.1) is 0 Å². The molecule has 2 heterocycles. The van der Waals surface area contributed by atoms with Crippen molar-refractivity contribution in [3.63, 3.8) is 0 Å². The fourth-order valence-corrected chi connectivity index (χ4v) is 3.07. The first-order chi connectivity index (χ1) is 12.7. The molecule has 0 atom stereocenters. The maximum atomic E-state index is 12.7. The summed E-state index contributed by atoms with van der Waals surface area (Å²) in [4.78, 5) is 21.6. The summed E-state index contributed by atoms with van der Waals surface area (Å²) in [5.74, 6) is -0.159. The highest BCUT2D eigenvalue weighted by Gasteiger charge is 2.14. The van der Waals surface area contributed by atoms with Crippen molar-refractivity contribution in [2.24, 2.45) is 0 Å². The Morgan fingerprint density at radius 3 is 2.62 bits per heavy atom. The Bertz CT molecular complexity index is 1090. The third kappa shape index (κ3) is 2.95. The molecule has 0 aliphatic carbocycles. The maximum Gasteiger partial charge on any atom is 0.253 e. The fraction of sp³-hybridized carbons (Fsp3) is 0.0952. The first kappa shape index (κ1) is 16.0. The summed E-state index contributed by atoms with van der Waals surface area (Å²) in [7, 11) is 0. The second kappa shape index (κ2) is 6.80. The second-order valence-corrected chi connectivity index (χ2v) is 6.07. The van der Waals surface area contributed by atoms with Crippen molar-refractivity contribution in [1.82, 2.24) is 15.3 Å². The van der Waals surface area contributed by atoms with Gasteiger partial charge in [0, 0.05) is 35.6 Å². The topological polar surface area (TPSA) is 80.9 Å². The number of pyridine rings is 2. The maximum absolute atomic E-state index is 12.7. The number of amides is 1. The van der Waals surface area contributed by atoms with E-state index in [0.717, 1.165) is 22.0 Å². The summed E-state index contributed by atoms with van der Waals surface area (Å²) >= 11 is 0. The first-order valence-corrected chi connectivity index (χ1v) is 8.49. The van der Waals surface area contributed by atoms with Crippen molar-refractivity contribution in [1.29, 1.82) is 0 Å². The lowest BCUT2D eigenvalue weighted by Gasteiger charge is -2.11. The smallest absolute Gasteiger partial charge is 0.253 e. The largest absolute Gasteiger partial charge is 0.398 e. The molecule has 26 heavy (non-hydrogen) atoms. The molecule has 0 aliphatic rings. The number of nitrogen functional groups attached to an aromatic ring is 1. The van der Waals surface area contributed by atoms with Crippen LogP contribution < -0.4 is 11.1 Å². The van der Waals surface area contributed by atoms with Crippen LogP contribution in [0.5, 0.6) is 0 Å². The van der Waals surface area contributed by atoms with Crippen LogP contribution in [0.4, 0.5) is 5.69 Å². The standard InChI is InChI=1S/C21H18N4O/c22-19-15-7-1-2-10-18(15)25-20-16(19)8-5-9-17(20)21(26)24-13-11-14-6-3-4-12-23-14/h1-10,12H,11,13H2,(H2,22,25)(H,24,26). The summed E-state index contributed by atoms with van der Waals surface area (Å²) in [6.45, 7) is 0.509. The zero-order chi connectivity index (χ0) is 17.9. The molecule has 0 spiro atoms. The number of nitrogens with one attached hydrogen (secondary N) is 1. The third-order valence-electron chi connectivity index (χ3n) is 4.39. The van der Waals surface area contributed by atoms with E-state index in [9.17, 15) is 4.79 Å². The lowest BCUT2D eigenvalue weighted by Crippen LogP contribution is -2.26. The van der Waals surface area contributed by atoms with Gasteiger partial charge in [-0.2, -0.15) is 0 Å². The van der Waals surface area contributed by atoms with Crippen molar-refractivity contribution in [3.8, 4) is 0 Å². The van der Waals surface area contributed by atoms with Crippen LogP contribution in [-0.4, -0.2) is 22.4 Å². The summed E-state index contributed by atoms with van der Waals surface area (Å²) in [6, 6.07) is 19.0. The highest BCUT2D eigenvalue weighted by Crippen LogP contribution is 2.29. The highest BCUT2D eigenvalue weighted by molar-refractivity contribution is 6.13. The van der Waals surface area contributed by atoms with Gasteiger partial charge in [-0.1, -0.05) is 36.4 Å². The molecule has 5 heteroatoms. The van der Waals surface area contributed by atoms with Crippen molar-refractivity contribution in [2.45, 2.75) is 6.42 Å². The predicted molar refractivity (Wildman–Crippen MR) is 104 cm³/mol. The monoisotopic (exact) mass is 342 g/mol. The summed E-state index contributed by atoms with van der Waals surface area (Å²) in [5, 5.41) is 4.64. The fourth-order valence-electron chi connectivity index (χ4n) is 3.07. The minimum atomic E-state index is -0.159. The van der Waals surface area contributed by atoms with Crippen molar-refractivity contribution in [2.75, 3.05) is 12.3 Å². The molecule has 0 aliphatic heterocycles. The van der Waals surface area contributed by atoms with Gasteiger partial charge in [-0.15, -0.1) is 0 Å². The number of nitrogens with zero attached hydrogens (tertiary/aromatic N) is 2. The van der Waals surface area contributed by atoms with Crippen LogP contribution in [0.3, 0.4) is 0 Å². The molecule has 4 aromatic rings. The Balaban J connectivity index is 1.64. The molecule has 2 aromatic heterocycles. The molecule has 4 rings (SSSR count). The van der Waals surface area contributed by atoms with Gasteiger partial charge >= 0.3 is 0 Å². The van der Waals surface area contributed by atoms with E-state index in [4.69, 9.17) is 5.73 Å². The average Bonchev–Trinajstić information content (AvgIpc) is 2.68. The van der Waals surface area contributed by atoms with Gasteiger partial charge in [-0.25, -0.2) is 4.98 Å². The average molecular weight is 342 g/mol. The van der Waals surface area contributed by atoms with E-state index in [1.807, 2.05) is 54.6 Å². The van der Waals surface area contributed by atoms with Crippen LogP contribution in [0.2, 0.25) is 0 Å². The number of hydrogen-bond donors (Lipinski definition) is 2. The normalized spacial score (nSPS) is 10.9. The van der Waals surface area contributed by atoms with E-state index in [0.29, 0.717) is 29.7 Å². The number of benzene rings is 2. The minimum Gasteiger partial charge on any atom is -0.398 e. The van der Waals surface area contributed by atoms with E-state index in [-0.39, 0.29) is 5.91 Å². The summed E-state index contributed by atoms with van der Waals surface area (Å²) in [6.07, 6.45) is 2.43. The number of aromatic nitrogens is 2. The molecule has 0 bridgehead atoms. The van der Waals surface area contributed by atoms with Crippen molar-refractivity contribution >= 4 is 33.4 Å². The molecule has 2 aromatic carbocycles. The second-order valence-electron chi connectivity index (χ2n) is 6.07. The lowest BCUT2D eigenvalue weighted by atomic mass is 10.0. The number of hydrogen-bond acceptors (Lipinski definition) is 4. The number of nitrogens with two attached hydrogens (primary N) is 1. The van der Waals surface area contributed by atoms with Gasteiger partial charge < -0.3 is 11.1 Å². The molecular formula is C21H18N4O. The number of anilines is 1. The molecule has 0 fully saturated rings. The van der Waals surface area contributed by atoms with Crippen LogP contribution >= 0.6 is 0 Å². The SMILES string of the molecule is Nc1c2ccccc2nc2c(C(=O)NCCc3ccccn3)cccc12. The van der Waals surface area contributed by atoms with E-state index >= 15 is 0 Å². The van der Waals surface area contributed by atoms with Gasteiger partial charge in [0.1, 0.15) is 0 Å². The zero-order valence-corrected chi connectivity index (χ0v) is 14.1. The third-order valence-corrected chi connectivity index (χ3v) is 4.39. The molecule has 0 radical (unpaired) electrons. The Morgan fingerprint density at radius 2 is 1.77 bits per heavy atom. The van der Waals surface area contributed by atoms with Crippen LogP contribution in [0.25, 0.3) is 21.8 Å². The highest BCUT2D eigenvalue weighted by atomic mass is 16.1. The Morgan fingerprint density at radius 1 is 0.962 bits per heavy atom. The predicted octanol–water partition coefficient (Wildman–Crippen LogP) is 3.34. The number of carbonyl (C=O) groups is 1. The van der Waals surface area contributed by atoms with E-state index in [2.05, 4.69) is 15.3 Å². The molecule has 0 saturated heterocycles. The van der Waals surface area contributed by atoms with E-state index in [1.54, 1.807) is 12.3 Å². The summed E-state index contributed by atoms with van der Waals surface area (Å²) in [5.41, 5.74) is 9.85. The molecule has 3 N–H and O–H groups in total. The molecule has 0 saturated carbocycles.